The van der Waals surface area contributed by atoms with Crippen LogP contribution in [0, 0.1) is 0 Å². The number of nitrogens with one attached hydrogen (secondary N) is 1. The van der Waals surface area contributed by atoms with Gasteiger partial charge < -0.3 is 5.32 Å². The van der Waals surface area contributed by atoms with Crippen LogP contribution in [0.4, 0.5) is 24.5 Å². The Morgan fingerprint density at radius 3 is 2.50 bits per heavy atom. The normalized spacial score (nSPS) is 13.2. The fourth-order valence-electron chi connectivity index (χ4n) is 3.32. The summed E-state index contributed by atoms with van der Waals surface area (Å²) in [6, 6.07) is 7.25. The third-order valence-corrected chi connectivity index (χ3v) is 6.95. The van der Waals surface area contributed by atoms with Crippen molar-refractivity contribution in [1.29, 1.82) is 0 Å². The molecule has 1 aromatic heterocycles. The van der Waals surface area contributed by atoms with E-state index in [0.717, 1.165) is 29.7 Å². The summed E-state index contributed by atoms with van der Waals surface area (Å²) in [7, 11) is -4.09. The zero-order valence-corrected chi connectivity index (χ0v) is 18.9. The number of benzene rings is 2. The Bertz CT molecular complexity index is 1330. The lowest BCUT2D eigenvalue weighted by atomic mass is 10.1. The molecule has 1 atom stereocenters. The zero-order valence-electron chi connectivity index (χ0n) is 17.3. The Kier molecular flexibility index (Phi) is 6.38. The molecule has 0 radical (unpaired) electrons. The van der Waals surface area contributed by atoms with Crippen LogP contribution in [0.2, 0.25) is 0 Å². The van der Waals surface area contributed by atoms with E-state index in [1.54, 1.807) is 22.8 Å². The molecule has 0 fully saturated rings. The molecule has 2 aromatic carbocycles. The van der Waals surface area contributed by atoms with Gasteiger partial charge in [-0.1, -0.05) is 17.4 Å². The second-order valence-corrected chi connectivity index (χ2v) is 9.92. The van der Waals surface area contributed by atoms with E-state index < -0.39 is 33.7 Å². The first-order valence-corrected chi connectivity index (χ1v) is 12.1. The summed E-state index contributed by atoms with van der Waals surface area (Å²) in [5.41, 5.74) is -0.276. The molecule has 0 aliphatic heterocycles. The molecule has 1 unspecified atom stereocenters. The number of thiazole rings is 1. The predicted octanol–water partition coefficient (Wildman–Crippen LogP) is 3.89. The van der Waals surface area contributed by atoms with E-state index in [-0.39, 0.29) is 10.6 Å². The highest BCUT2D eigenvalue weighted by molar-refractivity contribution is 7.92. The number of carbonyl (C=O) groups is 1. The van der Waals surface area contributed by atoms with Crippen molar-refractivity contribution >= 4 is 48.9 Å². The van der Waals surface area contributed by atoms with Crippen LogP contribution in [0.25, 0.3) is 10.2 Å². The monoisotopic (exact) mass is 487 g/mol. The Balaban J connectivity index is 1.92. The van der Waals surface area contributed by atoms with E-state index >= 15 is 0 Å². The van der Waals surface area contributed by atoms with Crippen molar-refractivity contribution in [3.63, 3.8) is 0 Å². The van der Waals surface area contributed by atoms with Gasteiger partial charge in [0.2, 0.25) is 15.9 Å². The molecular weight excluding hydrogens is 467 g/mol. The second-order valence-electron chi connectivity index (χ2n) is 7.07. The van der Waals surface area contributed by atoms with Gasteiger partial charge in [-0.25, -0.2) is 8.42 Å². The average molecular weight is 488 g/mol. The molecule has 0 spiro atoms. The molecule has 1 amide bonds. The van der Waals surface area contributed by atoms with Crippen LogP contribution >= 0.6 is 11.3 Å². The molecule has 1 heterocycles. The van der Waals surface area contributed by atoms with Gasteiger partial charge in [-0.3, -0.25) is 18.5 Å². The number of anilines is 2. The molecule has 0 aliphatic carbocycles. The van der Waals surface area contributed by atoms with Crippen LogP contribution in [-0.2, 0) is 27.5 Å². The van der Waals surface area contributed by atoms with Gasteiger partial charge in [0.25, 0.3) is 0 Å². The lowest BCUT2D eigenvalue weighted by Gasteiger charge is -2.28. The van der Waals surface area contributed by atoms with Crippen LogP contribution in [-0.4, -0.2) is 31.2 Å². The molecular formula is C20H20F3N3O4S2. The summed E-state index contributed by atoms with van der Waals surface area (Å²) in [6.07, 6.45) is -3.86. The van der Waals surface area contributed by atoms with Crippen LogP contribution in [0.5, 0.6) is 0 Å². The highest BCUT2D eigenvalue weighted by Crippen LogP contribution is 2.33. The van der Waals surface area contributed by atoms with Crippen LogP contribution in [0.15, 0.2) is 47.3 Å². The number of nitrogens with zero attached hydrogens (tertiary/aromatic N) is 2. The van der Waals surface area contributed by atoms with E-state index in [1.165, 1.54) is 13.0 Å². The maximum atomic E-state index is 13.1. The molecule has 3 aromatic rings. The van der Waals surface area contributed by atoms with Gasteiger partial charge in [0.15, 0.2) is 0 Å². The number of aryl methyl sites for hydroxylation is 1. The highest BCUT2D eigenvalue weighted by atomic mass is 32.2. The third-order valence-electron chi connectivity index (χ3n) is 4.77. The fraction of sp³-hybridized carbons (Fsp3) is 0.300. The Labute approximate surface area is 186 Å². The number of hydrogen-bond donors (Lipinski definition) is 1. The summed E-state index contributed by atoms with van der Waals surface area (Å²) in [5, 5.41) is 2.58. The summed E-state index contributed by atoms with van der Waals surface area (Å²) in [6.45, 7) is 3.60. The quantitative estimate of drug-likeness (QED) is 0.571. The van der Waals surface area contributed by atoms with Crippen LogP contribution in [0.3, 0.4) is 0 Å². The number of sulfonamides is 1. The highest BCUT2D eigenvalue weighted by Gasteiger charge is 2.34. The molecule has 0 bridgehead atoms. The first-order chi connectivity index (χ1) is 14.8. The summed E-state index contributed by atoms with van der Waals surface area (Å²) >= 11 is 1.01. The minimum absolute atomic E-state index is 0.146. The Morgan fingerprint density at radius 2 is 1.91 bits per heavy atom. The second kappa shape index (κ2) is 8.58. The summed E-state index contributed by atoms with van der Waals surface area (Å²) < 4.78 is 66.9. The van der Waals surface area contributed by atoms with Crippen molar-refractivity contribution in [2.24, 2.45) is 0 Å². The van der Waals surface area contributed by atoms with Crippen molar-refractivity contribution in [2.75, 3.05) is 15.9 Å². The maximum Gasteiger partial charge on any atom is 0.416 e. The van der Waals surface area contributed by atoms with Crippen molar-refractivity contribution in [2.45, 2.75) is 32.6 Å². The number of hydrogen-bond acceptors (Lipinski definition) is 5. The van der Waals surface area contributed by atoms with E-state index in [4.69, 9.17) is 0 Å². The van der Waals surface area contributed by atoms with Gasteiger partial charge in [-0.2, -0.15) is 13.2 Å². The van der Waals surface area contributed by atoms with Crippen molar-refractivity contribution in [3.8, 4) is 0 Å². The van der Waals surface area contributed by atoms with E-state index in [0.29, 0.717) is 32.8 Å². The number of fused-ring (bicyclic) bond motifs is 1. The van der Waals surface area contributed by atoms with Crippen LogP contribution in [0.1, 0.15) is 19.4 Å². The van der Waals surface area contributed by atoms with Crippen molar-refractivity contribution in [1.82, 2.24) is 4.57 Å². The topological polar surface area (TPSA) is 88.5 Å². The van der Waals surface area contributed by atoms with E-state index in [2.05, 4.69) is 5.32 Å². The molecule has 0 saturated carbocycles. The van der Waals surface area contributed by atoms with Gasteiger partial charge in [-0.05, 0) is 50.2 Å². The molecule has 1 N–H and O–H groups in total. The maximum absolute atomic E-state index is 13.1. The number of aromatic nitrogens is 1. The molecule has 7 nitrogen and oxygen atoms in total. The number of carbonyl (C=O) groups excluding carboxylic acids is 1. The van der Waals surface area contributed by atoms with Gasteiger partial charge in [0.05, 0.1) is 27.7 Å². The number of halogens is 3. The molecule has 0 saturated heterocycles. The number of alkyl halides is 3. The lowest BCUT2D eigenvalue weighted by molar-refractivity contribution is -0.137. The average Bonchev–Trinajstić information content (AvgIpc) is 3.00. The fourth-order valence-corrected chi connectivity index (χ4v) is 5.48. The van der Waals surface area contributed by atoms with Crippen molar-refractivity contribution in [3.05, 3.63) is 57.7 Å². The van der Waals surface area contributed by atoms with Gasteiger partial charge in [0, 0.05) is 12.2 Å². The van der Waals surface area contributed by atoms with Gasteiger partial charge in [-0.15, -0.1) is 0 Å². The first-order valence-electron chi connectivity index (χ1n) is 9.44. The predicted molar refractivity (Wildman–Crippen MR) is 119 cm³/mol. The van der Waals surface area contributed by atoms with Gasteiger partial charge in [0.1, 0.15) is 6.04 Å². The SMILES string of the molecule is CCn1c(=O)sc2cc(NC(=O)C(C)N(c3cccc(C(F)(F)F)c3)S(C)(=O)=O)ccc21. The standard InChI is InChI=1S/C20H20F3N3O4S2/c1-4-25-16-9-8-14(11-17(16)31-19(25)28)24-18(27)12(2)26(32(3,29)30)15-7-5-6-13(10-15)20(21,22)23/h5-12H,4H2,1-3H3,(H,24,27). The largest absolute Gasteiger partial charge is 0.416 e. The zero-order chi connectivity index (χ0) is 23.8. The van der Waals surface area contributed by atoms with Crippen molar-refractivity contribution < 1.29 is 26.4 Å². The van der Waals surface area contributed by atoms with E-state index in [1.807, 2.05) is 6.92 Å². The van der Waals surface area contributed by atoms with E-state index in [9.17, 15) is 31.2 Å². The lowest BCUT2D eigenvalue weighted by Crippen LogP contribution is -2.45. The summed E-state index contributed by atoms with van der Waals surface area (Å²) in [4.78, 5) is 24.7. The Hall–Kier alpha value is -2.86. The minimum atomic E-state index is -4.67. The van der Waals surface area contributed by atoms with Crippen LogP contribution < -0.4 is 14.5 Å². The molecule has 3 rings (SSSR count). The first kappa shape index (κ1) is 23.8. The minimum Gasteiger partial charge on any atom is -0.324 e. The molecule has 32 heavy (non-hydrogen) atoms. The third kappa shape index (κ3) is 4.80. The molecule has 0 aliphatic rings. The number of rotatable bonds is 6. The smallest absolute Gasteiger partial charge is 0.324 e. The Morgan fingerprint density at radius 1 is 1.22 bits per heavy atom. The van der Waals surface area contributed by atoms with Gasteiger partial charge >= 0.3 is 11.0 Å². The number of amides is 1. The molecule has 172 valence electrons. The summed E-state index contributed by atoms with van der Waals surface area (Å²) in [5.74, 6) is -0.741. The molecule has 12 heteroatoms.